The number of rotatable bonds is 1. The topological polar surface area (TPSA) is 67.8 Å². The molecule has 3 aromatic rings. The number of nitrogens with one attached hydrogen (secondary N) is 1. The molecule has 0 spiro atoms. The Morgan fingerprint density at radius 3 is 2.88 bits per heavy atom. The van der Waals surface area contributed by atoms with E-state index in [1.807, 2.05) is 31.2 Å². The van der Waals surface area contributed by atoms with Crippen LogP contribution in [0.25, 0.3) is 22.6 Å². The zero-order chi connectivity index (χ0) is 12.0. The summed E-state index contributed by atoms with van der Waals surface area (Å²) in [5, 5.41) is 0. The van der Waals surface area contributed by atoms with Gasteiger partial charge in [-0.05, 0) is 31.2 Å². The van der Waals surface area contributed by atoms with Crippen LogP contribution in [-0.2, 0) is 0 Å². The fraction of sp³-hybridized carbons (Fsp3) is 0.0833. The Hall–Kier alpha value is -1.75. The van der Waals surface area contributed by atoms with Crippen LogP contribution in [0.15, 0.2) is 33.2 Å². The molecule has 0 unspecified atom stereocenters. The minimum atomic E-state index is 0.639. The summed E-state index contributed by atoms with van der Waals surface area (Å²) in [5.74, 6) is 2.27. The fourth-order valence-corrected chi connectivity index (χ4v) is 2.26. The Bertz CT molecular complexity index is 699. The average molecular weight is 292 g/mol. The number of nitrogens with zero attached hydrogens (tertiary/aromatic N) is 1. The predicted molar refractivity (Wildman–Crippen MR) is 70.6 cm³/mol. The molecule has 0 atom stereocenters. The lowest BCUT2D eigenvalue weighted by molar-refractivity contribution is 0.545. The first kappa shape index (κ1) is 10.4. The Morgan fingerprint density at radius 2 is 2.18 bits per heavy atom. The summed E-state index contributed by atoms with van der Waals surface area (Å²) in [7, 11) is 0. The molecular formula is C12H10BrN3O. The zero-order valence-electron chi connectivity index (χ0n) is 9.12. The molecule has 1 aromatic carbocycles. The van der Waals surface area contributed by atoms with E-state index in [1.54, 1.807) is 0 Å². The third kappa shape index (κ3) is 1.72. The smallest absolute Gasteiger partial charge is 0.174 e. The van der Waals surface area contributed by atoms with Gasteiger partial charge in [0.25, 0.3) is 0 Å². The lowest BCUT2D eigenvalue weighted by atomic mass is 10.3. The van der Waals surface area contributed by atoms with E-state index in [-0.39, 0.29) is 0 Å². The SMILES string of the molecule is Cc1ccc(-c2nc3c(N)cc(Br)cc3[nH]2)o1. The average Bonchev–Trinajstić information content (AvgIpc) is 2.83. The van der Waals surface area contributed by atoms with Crippen molar-refractivity contribution in [1.29, 1.82) is 0 Å². The maximum absolute atomic E-state index is 5.91. The summed E-state index contributed by atoms with van der Waals surface area (Å²) in [5.41, 5.74) is 8.20. The molecular weight excluding hydrogens is 282 g/mol. The van der Waals surface area contributed by atoms with Gasteiger partial charge in [-0.1, -0.05) is 15.9 Å². The molecule has 2 aromatic heterocycles. The number of benzene rings is 1. The molecule has 0 radical (unpaired) electrons. The van der Waals surface area contributed by atoms with Crippen molar-refractivity contribution in [2.24, 2.45) is 0 Å². The highest BCUT2D eigenvalue weighted by molar-refractivity contribution is 9.10. The van der Waals surface area contributed by atoms with Crippen LogP contribution in [-0.4, -0.2) is 9.97 Å². The Kier molecular flexibility index (Phi) is 2.22. The van der Waals surface area contributed by atoms with Gasteiger partial charge < -0.3 is 15.1 Å². The number of fused-ring (bicyclic) bond motifs is 1. The molecule has 0 bridgehead atoms. The maximum Gasteiger partial charge on any atom is 0.174 e. The van der Waals surface area contributed by atoms with Gasteiger partial charge in [0.05, 0.1) is 11.2 Å². The van der Waals surface area contributed by atoms with Crippen molar-refractivity contribution < 1.29 is 4.42 Å². The van der Waals surface area contributed by atoms with E-state index >= 15 is 0 Å². The van der Waals surface area contributed by atoms with Crippen molar-refractivity contribution in [3.05, 3.63) is 34.5 Å². The van der Waals surface area contributed by atoms with Gasteiger partial charge >= 0.3 is 0 Å². The van der Waals surface area contributed by atoms with E-state index in [2.05, 4.69) is 25.9 Å². The van der Waals surface area contributed by atoms with Crippen LogP contribution in [0.5, 0.6) is 0 Å². The largest absolute Gasteiger partial charge is 0.458 e. The van der Waals surface area contributed by atoms with Gasteiger partial charge in [-0.2, -0.15) is 0 Å². The number of aromatic nitrogens is 2. The van der Waals surface area contributed by atoms with Crippen LogP contribution < -0.4 is 5.73 Å². The summed E-state index contributed by atoms with van der Waals surface area (Å²) >= 11 is 3.40. The van der Waals surface area contributed by atoms with Crippen molar-refractivity contribution in [3.63, 3.8) is 0 Å². The van der Waals surface area contributed by atoms with E-state index in [0.717, 1.165) is 21.3 Å². The number of furan rings is 1. The first-order valence-electron chi connectivity index (χ1n) is 5.15. The second-order valence-electron chi connectivity index (χ2n) is 3.89. The van der Waals surface area contributed by atoms with Crippen LogP contribution >= 0.6 is 15.9 Å². The number of aromatic amines is 1. The number of aryl methyl sites for hydroxylation is 1. The molecule has 4 nitrogen and oxygen atoms in total. The van der Waals surface area contributed by atoms with Gasteiger partial charge in [-0.25, -0.2) is 4.98 Å². The number of imidazole rings is 1. The molecule has 2 heterocycles. The number of hydrogen-bond donors (Lipinski definition) is 2. The molecule has 0 amide bonds. The molecule has 0 fully saturated rings. The third-order valence-corrected chi connectivity index (χ3v) is 3.01. The minimum Gasteiger partial charge on any atom is -0.458 e. The molecule has 86 valence electrons. The fourth-order valence-electron chi connectivity index (χ4n) is 1.79. The molecule has 17 heavy (non-hydrogen) atoms. The van der Waals surface area contributed by atoms with Gasteiger partial charge in [-0.3, -0.25) is 0 Å². The highest BCUT2D eigenvalue weighted by Gasteiger charge is 2.11. The molecule has 0 saturated carbocycles. The molecule has 3 N–H and O–H groups in total. The first-order chi connectivity index (χ1) is 8.13. The number of anilines is 1. The summed E-state index contributed by atoms with van der Waals surface area (Å²) in [6, 6.07) is 7.57. The predicted octanol–water partition coefficient (Wildman–Crippen LogP) is 3.48. The van der Waals surface area contributed by atoms with Crippen LogP contribution in [0, 0.1) is 6.92 Å². The van der Waals surface area contributed by atoms with Gasteiger partial charge in [0.15, 0.2) is 11.6 Å². The quantitative estimate of drug-likeness (QED) is 0.675. The van der Waals surface area contributed by atoms with Crippen LogP contribution in [0.1, 0.15) is 5.76 Å². The highest BCUT2D eigenvalue weighted by atomic mass is 79.9. The standard InChI is InChI=1S/C12H10BrN3O/c1-6-2-3-10(17-6)12-15-9-5-7(13)4-8(14)11(9)16-12/h2-5H,14H2,1H3,(H,15,16). The highest BCUT2D eigenvalue weighted by Crippen LogP contribution is 2.28. The molecule has 0 saturated heterocycles. The van der Waals surface area contributed by atoms with Gasteiger partial charge in [-0.15, -0.1) is 0 Å². The summed E-state index contributed by atoms with van der Waals surface area (Å²) in [6.07, 6.45) is 0. The molecule has 3 rings (SSSR count). The van der Waals surface area contributed by atoms with E-state index in [4.69, 9.17) is 10.2 Å². The van der Waals surface area contributed by atoms with Crippen LogP contribution in [0.4, 0.5) is 5.69 Å². The number of nitrogens with two attached hydrogens (primary N) is 1. The van der Waals surface area contributed by atoms with Crippen molar-refractivity contribution in [2.75, 3.05) is 5.73 Å². The third-order valence-electron chi connectivity index (χ3n) is 2.55. The normalized spacial score (nSPS) is 11.2. The molecule has 0 aliphatic carbocycles. The van der Waals surface area contributed by atoms with E-state index in [0.29, 0.717) is 17.3 Å². The van der Waals surface area contributed by atoms with Gasteiger partial charge in [0, 0.05) is 4.47 Å². The lowest BCUT2D eigenvalue weighted by Crippen LogP contribution is -1.86. The van der Waals surface area contributed by atoms with Crippen molar-refractivity contribution >= 4 is 32.7 Å². The maximum atomic E-state index is 5.91. The second kappa shape index (κ2) is 3.63. The zero-order valence-corrected chi connectivity index (χ0v) is 10.7. The van der Waals surface area contributed by atoms with Crippen molar-refractivity contribution in [3.8, 4) is 11.6 Å². The Morgan fingerprint density at radius 1 is 1.35 bits per heavy atom. The summed E-state index contributed by atoms with van der Waals surface area (Å²) in [4.78, 5) is 7.63. The summed E-state index contributed by atoms with van der Waals surface area (Å²) < 4.78 is 6.45. The van der Waals surface area contributed by atoms with Gasteiger partial charge in [0.1, 0.15) is 11.3 Å². The van der Waals surface area contributed by atoms with Crippen molar-refractivity contribution in [2.45, 2.75) is 6.92 Å². The second-order valence-corrected chi connectivity index (χ2v) is 4.80. The van der Waals surface area contributed by atoms with Crippen LogP contribution in [0.3, 0.4) is 0 Å². The Labute approximate surface area is 106 Å². The molecule has 5 heteroatoms. The number of hydrogen-bond acceptors (Lipinski definition) is 3. The lowest BCUT2D eigenvalue weighted by Gasteiger charge is -1.94. The Balaban J connectivity index is 2.23. The number of nitrogen functional groups attached to an aromatic ring is 1. The number of halogens is 1. The van der Waals surface area contributed by atoms with E-state index < -0.39 is 0 Å². The number of H-pyrrole nitrogens is 1. The van der Waals surface area contributed by atoms with Crippen molar-refractivity contribution in [1.82, 2.24) is 9.97 Å². The monoisotopic (exact) mass is 291 g/mol. The minimum absolute atomic E-state index is 0.639. The molecule has 0 aliphatic rings. The molecule has 0 aliphatic heterocycles. The van der Waals surface area contributed by atoms with Gasteiger partial charge in [0.2, 0.25) is 0 Å². The van der Waals surface area contributed by atoms with Crippen LogP contribution in [0.2, 0.25) is 0 Å². The summed E-state index contributed by atoms with van der Waals surface area (Å²) in [6.45, 7) is 1.90. The first-order valence-corrected chi connectivity index (χ1v) is 5.94. The van der Waals surface area contributed by atoms with E-state index in [1.165, 1.54) is 0 Å². The van der Waals surface area contributed by atoms with E-state index in [9.17, 15) is 0 Å².